The van der Waals surface area contributed by atoms with E-state index in [0.29, 0.717) is 5.56 Å². The summed E-state index contributed by atoms with van der Waals surface area (Å²) in [5.74, 6) is -3.49. The van der Waals surface area contributed by atoms with Crippen LogP contribution in [0.25, 0.3) is 6.08 Å². The SMILES string of the molecule is O=C(O)C=Cc1ccc(Oc2ccc(OCc3cccc(F)c3F)cn2)c(F)c1. The predicted molar refractivity (Wildman–Crippen MR) is 98.1 cm³/mol. The van der Waals surface area contributed by atoms with Crippen molar-refractivity contribution in [3.63, 3.8) is 0 Å². The van der Waals surface area contributed by atoms with Gasteiger partial charge in [-0.15, -0.1) is 0 Å². The maximum absolute atomic E-state index is 14.1. The molecule has 148 valence electrons. The third kappa shape index (κ3) is 5.35. The topological polar surface area (TPSA) is 68.7 Å². The van der Waals surface area contributed by atoms with Crippen LogP contribution in [0, 0.1) is 17.5 Å². The molecular weight excluding hydrogens is 387 g/mol. The maximum atomic E-state index is 14.1. The van der Waals surface area contributed by atoms with Crippen LogP contribution in [0.4, 0.5) is 13.2 Å². The van der Waals surface area contributed by atoms with Crippen LogP contribution in [0.15, 0.2) is 60.8 Å². The average molecular weight is 401 g/mol. The van der Waals surface area contributed by atoms with E-state index in [1.54, 1.807) is 0 Å². The van der Waals surface area contributed by atoms with Crippen molar-refractivity contribution in [3.05, 3.63) is 89.4 Å². The monoisotopic (exact) mass is 401 g/mol. The van der Waals surface area contributed by atoms with E-state index in [4.69, 9.17) is 14.6 Å². The van der Waals surface area contributed by atoms with Gasteiger partial charge in [-0.2, -0.15) is 0 Å². The van der Waals surface area contributed by atoms with Crippen LogP contribution in [0.5, 0.6) is 17.4 Å². The van der Waals surface area contributed by atoms with Gasteiger partial charge in [0.05, 0.1) is 6.20 Å². The molecule has 1 N–H and O–H groups in total. The second-order valence-electron chi connectivity index (χ2n) is 5.80. The Morgan fingerprint density at radius 3 is 2.59 bits per heavy atom. The first-order valence-electron chi connectivity index (χ1n) is 8.32. The zero-order valence-corrected chi connectivity index (χ0v) is 14.8. The highest BCUT2D eigenvalue weighted by Crippen LogP contribution is 2.25. The fourth-order valence-electron chi connectivity index (χ4n) is 2.32. The van der Waals surface area contributed by atoms with Crippen LogP contribution >= 0.6 is 0 Å². The molecule has 0 aliphatic carbocycles. The number of pyridine rings is 1. The minimum Gasteiger partial charge on any atom is -0.487 e. The first kappa shape index (κ1) is 19.9. The summed E-state index contributed by atoms with van der Waals surface area (Å²) < 4.78 is 51.6. The molecule has 0 atom stereocenters. The summed E-state index contributed by atoms with van der Waals surface area (Å²) in [4.78, 5) is 14.5. The Morgan fingerprint density at radius 1 is 1.07 bits per heavy atom. The van der Waals surface area contributed by atoms with Gasteiger partial charge in [0, 0.05) is 17.7 Å². The van der Waals surface area contributed by atoms with Crippen molar-refractivity contribution in [1.82, 2.24) is 4.98 Å². The third-order valence-electron chi connectivity index (χ3n) is 3.72. The van der Waals surface area contributed by atoms with Gasteiger partial charge in [0.2, 0.25) is 5.88 Å². The molecular formula is C21H14F3NO4. The fourth-order valence-corrected chi connectivity index (χ4v) is 2.32. The highest BCUT2D eigenvalue weighted by molar-refractivity contribution is 5.85. The van der Waals surface area contributed by atoms with Crippen LogP contribution in [0.3, 0.4) is 0 Å². The molecule has 0 fully saturated rings. The first-order chi connectivity index (χ1) is 13.9. The standard InChI is InChI=1S/C21H14F3NO4/c22-16-3-1-2-14(21(16)24)12-28-15-6-8-19(25-11-15)29-18-7-4-13(10-17(18)23)5-9-20(26)27/h1-11H,12H2,(H,26,27). The molecule has 29 heavy (non-hydrogen) atoms. The van der Waals surface area contributed by atoms with Gasteiger partial charge >= 0.3 is 5.97 Å². The van der Waals surface area contributed by atoms with Crippen molar-refractivity contribution in [2.24, 2.45) is 0 Å². The lowest BCUT2D eigenvalue weighted by Gasteiger charge is -2.09. The van der Waals surface area contributed by atoms with E-state index in [1.165, 1.54) is 48.7 Å². The number of halogens is 3. The number of hydrogen-bond donors (Lipinski definition) is 1. The van der Waals surface area contributed by atoms with Crippen molar-refractivity contribution >= 4 is 12.0 Å². The average Bonchev–Trinajstić information content (AvgIpc) is 2.70. The Balaban J connectivity index is 1.63. The minimum atomic E-state index is -1.14. The quantitative estimate of drug-likeness (QED) is 0.567. The van der Waals surface area contributed by atoms with Gasteiger partial charge in [0.15, 0.2) is 23.2 Å². The van der Waals surface area contributed by atoms with Crippen LogP contribution in [-0.4, -0.2) is 16.1 Å². The number of hydrogen-bond acceptors (Lipinski definition) is 4. The largest absolute Gasteiger partial charge is 0.487 e. The molecule has 1 aromatic heterocycles. The lowest BCUT2D eigenvalue weighted by Crippen LogP contribution is -2.00. The fraction of sp³-hybridized carbons (Fsp3) is 0.0476. The molecule has 0 aliphatic rings. The van der Waals surface area contributed by atoms with Gasteiger partial charge in [-0.1, -0.05) is 18.2 Å². The lowest BCUT2D eigenvalue weighted by atomic mass is 10.2. The number of carboxylic acids is 1. The Bertz CT molecular complexity index is 1050. The molecule has 5 nitrogen and oxygen atoms in total. The lowest BCUT2D eigenvalue weighted by molar-refractivity contribution is -0.131. The van der Waals surface area contributed by atoms with Gasteiger partial charge < -0.3 is 14.6 Å². The highest BCUT2D eigenvalue weighted by Gasteiger charge is 2.09. The maximum Gasteiger partial charge on any atom is 0.328 e. The van der Waals surface area contributed by atoms with E-state index in [-0.39, 0.29) is 29.5 Å². The first-order valence-corrected chi connectivity index (χ1v) is 8.32. The molecule has 8 heteroatoms. The van der Waals surface area contributed by atoms with Crippen molar-refractivity contribution in [2.45, 2.75) is 6.61 Å². The summed E-state index contributed by atoms with van der Waals surface area (Å²) >= 11 is 0. The van der Waals surface area contributed by atoms with Gasteiger partial charge in [-0.05, 0) is 35.9 Å². The Kier molecular flexibility index (Phi) is 6.13. The van der Waals surface area contributed by atoms with Crippen LogP contribution in [0.1, 0.15) is 11.1 Å². The van der Waals surface area contributed by atoms with Crippen LogP contribution < -0.4 is 9.47 Å². The highest BCUT2D eigenvalue weighted by atomic mass is 19.2. The number of carbonyl (C=O) groups is 1. The number of ether oxygens (including phenoxy) is 2. The van der Waals surface area contributed by atoms with Gasteiger partial charge in [0.25, 0.3) is 0 Å². The summed E-state index contributed by atoms with van der Waals surface area (Å²) in [6.45, 7) is -0.189. The zero-order valence-electron chi connectivity index (χ0n) is 14.8. The van der Waals surface area contributed by atoms with Crippen molar-refractivity contribution in [2.75, 3.05) is 0 Å². The van der Waals surface area contributed by atoms with Crippen molar-refractivity contribution < 1.29 is 32.5 Å². The van der Waals surface area contributed by atoms with Crippen LogP contribution in [-0.2, 0) is 11.4 Å². The molecule has 3 rings (SSSR count). The minimum absolute atomic E-state index is 0.0597. The van der Waals surface area contributed by atoms with E-state index in [1.807, 2.05) is 0 Å². The smallest absolute Gasteiger partial charge is 0.328 e. The molecule has 0 aliphatic heterocycles. The Morgan fingerprint density at radius 2 is 1.90 bits per heavy atom. The number of aromatic nitrogens is 1. The molecule has 2 aromatic carbocycles. The number of rotatable bonds is 7. The van der Waals surface area contributed by atoms with Gasteiger partial charge in [-0.25, -0.2) is 22.9 Å². The molecule has 0 saturated carbocycles. The summed E-state index contributed by atoms with van der Waals surface area (Å²) in [6.07, 6.45) is 3.45. The van der Waals surface area contributed by atoms with Crippen LogP contribution in [0.2, 0.25) is 0 Å². The molecule has 0 amide bonds. The third-order valence-corrected chi connectivity index (χ3v) is 3.72. The second kappa shape index (κ2) is 8.92. The second-order valence-corrected chi connectivity index (χ2v) is 5.80. The number of carboxylic acid groups (broad SMARTS) is 1. The molecule has 0 unspecified atom stereocenters. The van der Waals surface area contributed by atoms with E-state index in [9.17, 15) is 18.0 Å². The summed E-state index contributed by atoms with van der Waals surface area (Å²) in [5, 5.41) is 8.59. The summed E-state index contributed by atoms with van der Waals surface area (Å²) in [6, 6.07) is 10.7. The number of benzene rings is 2. The zero-order chi connectivity index (χ0) is 20.8. The van der Waals surface area contributed by atoms with Gasteiger partial charge in [-0.3, -0.25) is 0 Å². The van der Waals surface area contributed by atoms with E-state index in [2.05, 4.69) is 4.98 Å². The molecule has 3 aromatic rings. The Labute approximate surface area is 163 Å². The van der Waals surface area contributed by atoms with E-state index >= 15 is 0 Å². The van der Waals surface area contributed by atoms with Gasteiger partial charge in [0.1, 0.15) is 12.4 Å². The van der Waals surface area contributed by atoms with E-state index < -0.39 is 23.4 Å². The number of aliphatic carboxylic acids is 1. The Hall–Kier alpha value is -3.81. The van der Waals surface area contributed by atoms with Crippen molar-refractivity contribution in [1.29, 1.82) is 0 Å². The van der Waals surface area contributed by atoms with E-state index in [0.717, 1.165) is 18.2 Å². The summed E-state index contributed by atoms with van der Waals surface area (Å²) in [7, 11) is 0. The normalized spacial score (nSPS) is 10.9. The molecule has 0 radical (unpaired) electrons. The molecule has 0 saturated heterocycles. The predicted octanol–water partition coefficient (Wildman–Crippen LogP) is 4.97. The summed E-state index contributed by atoms with van der Waals surface area (Å²) in [5.41, 5.74) is 0.419. The van der Waals surface area contributed by atoms with Crippen molar-refractivity contribution in [3.8, 4) is 17.4 Å². The molecule has 0 spiro atoms. The number of nitrogens with zero attached hydrogens (tertiary/aromatic N) is 1. The molecule has 0 bridgehead atoms. The molecule has 1 heterocycles.